The molecule has 0 saturated heterocycles. The van der Waals surface area contributed by atoms with Crippen LogP contribution in [0.5, 0.6) is 0 Å². The van der Waals surface area contributed by atoms with E-state index >= 15 is 0 Å². The van der Waals surface area contributed by atoms with Crippen molar-refractivity contribution in [3.63, 3.8) is 0 Å². The fourth-order valence-corrected chi connectivity index (χ4v) is 5.31. The highest BCUT2D eigenvalue weighted by molar-refractivity contribution is 8.00. The molecule has 39 heavy (non-hydrogen) atoms. The number of rotatable bonds is 8. The van der Waals surface area contributed by atoms with Crippen LogP contribution in [-0.2, 0) is 14.8 Å². The van der Waals surface area contributed by atoms with Crippen LogP contribution in [0.2, 0.25) is 5.15 Å². The standard InChI is InChI=1S/C24H17ClN8O4S2/c1-13(38-24-17(12-27)21(18-3-2-10-37-18)16(11-26)22(28)30-24)23(34)29-14-4-6-15(7-5-14)39(35,36)33-20-9-8-19(25)31-32-20/h2-10,13H,1H3,(H2,28,30)(H,29,34)(H,32,33). The lowest BCUT2D eigenvalue weighted by Crippen LogP contribution is -2.23. The van der Waals surface area contributed by atoms with Gasteiger partial charge >= 0.3 is 0 Å². The number of pyridine rings is 1. The summed E-state index contributed by atoms with van der Waals surface area (Å²) in [5.41, 5.74) is 6.55. The fraction of sp³-hybridized carbons (Fsp3) is 0.0833. The largest absolute Gasteiger partial charge is 0.464 e. The van der Waals surface area contributed by atoms with Gasteiger partial charge in [-0.1, -0.05) is 23.4 Å². The van der Waals surface area contributed by atoms with Gasteiger partial charge < -0.3 is 15.5 Å². The minimum absolute atomic E-state index is 0.00408. The Balaban J connectivity index is 1.49. The van der Waals surface area contributed by atoms with Crippen molar-refractivity contribution in [2.75, 3.05) is 15.8 Å². The number of sulfonamides is 1. The number of nitrogens with zero attached hydrogens (tertiary/aromatic N) is 5. The normalized spacial score (nSPS) is 11.7. The summed E-state index contributed by atoms with van der Waals surface area (Å²) in [6.07, 6.45) is 1.40. The molecule has 1 unspecified atom stereocenters. The number of nitriles is 2. The first-order valence-electron chi connectivity index (χ1n) is 10.9. The van der Waals surface area contributed by atoms with Gasteiger partial charge in [0.05, 0.1) is 27.5 Å². The smallest absolute Gasteiger partial charge is 0.263 e. The SMILES string of the molecule is CC(Sc1nc(N)c(C#N)c(-c2ccco2)c1C#N)C(=O)Nc1ccc(S(=O)(=O)Nc2ccc(Cl)nn2)cc1. The number of carbonyl (C=O) groups excluding carboxylic acids is 1. The molecular formula is C24H17ClN8O4S2. The van der Waals surface area contributed by atoms with Gasteiger partial charge in [-0.05, 0) is 55.5 Å². The molecule has 15 heteroatoms. The van der Waals surface area contributed by atoms with Gasteiger partial charge in [-0.15, -0.1) is 10.2 Å². The van der Waals surface area contributed by atoms with Crippen molar-refractivity contribution in [1.82, 2.24) is 15.2 Å². The minimum atomic E-state index is -3.96. The number of carbonyl (C=O) groups is 1. The number of amides is 1. The van der Waals surface area contributed by atoms with Crippen molar-refractivity contribution in [3.8, 4) is 23.5 Å². The number of hydrogen-bond donors (Lipinski definition) is 3. The number of anilines is 3. The van der Waals surface area contributed by atoms with E-state index in [-0.39, 0.29) is 49.2 Å². The Morgan fingerprint density at radius 1 is 1.10 bits per heavy atom. The monoisotopic (exact) mass is 580 g/mol. The van der Waals surface area contributed by atoms with E-state index in [1.54, 1.807) is 19.1 Å². The maximum Gasteiger partial charge on any atom is 0.263 e. The summed E-state index contributed by atoms with van der Waals surface area (Å²) in [5, 5.41) is 28.8. The van der Waals surface area contributed by atoms with Crippen LogP contribution in [0.3, 0.4) is 0 Å². The summed E-state index contributed by atoms with van der Waals surface area (Å²) >= 11 is 6.63. The first-order chi connectivity index (χ1) is 18.6. The second-order valence-corrected chi connectivity index (χ2v) is 11.1. The van der Waals surface area contributed by atoms with Crippen LogP contribution in [0, 0.1) is 22.7 Å². The highest BCUT2D eigenvalue weighted by Gasteiger charge is 2.25. The van der Waals surface area contributed by atoms with E-state index < -0.39 is 21.2 Å². The number of hydrogen-bond acceptors (Lipinski definition) is 11. The Morgan fingerprint density at radius 3 is 2.41 bits per heavy atom. The van der Waals surface area contributed by atoms with E-state index in [0.717, 1.165) is 11.8 Å². The van der Waals surface area contributed by atoms with Crippen molar-refractivity contribution < 1.29 is 17.6 Å². The number of nitrogen functional groups attached to an aromatic ring is 1. The summed E-state index contributed by atoms with van der Waals surface area (Å²) in [7, 11) is -3.96. The molecule has 0 fully saturated rings. The van der Waals surface area contributed by atoms with Crippen LogP contribution in [0.1, 0.15) is 18.1 Å². The molecule has 0 spiro atoms. The maximum absolute atomic E-state index is 12.9. The van der Waals surface area contributed by atoms with E-state index in [1.807, 2.05) is 12.1 Å². The predicted molar refractivity (Wildman–Crippen MR) is 144 cm³/mol. The summed E-state index contributed by atoms with van der Waals surface area (Å²) in [6, 6.07) is 15.4. The second kappa shape index (κ2) is 11.4. The fourth-order valence-electron chi connectivity index (χ4n) is 3.30. The van der Waals surface area contributed by atoms with E-state index in [2.05, 4.69) is 25.2 Å². The quantitative estimate of drug-likeness (QED) is 0.254. The molecule has 0 bridgehead atoms. The zero-order valence-corrected chi connectivity index (χ0v) is 22.3. The lowest BCUT2D eigenvalue weighted by Gasteiger charge is -2.15. The van der Waals surface area contributed by atoms with Gasteiger partial charge in [0.25, 0.3) is 10.0 Å². The van der Waals surface area contributed by atoms with Crippen LogP contribution in [0.4, 0.5) is 17.3 Å². The molecule has 0 aliphatic heterocycles. The molecule has 0 aliphatic carbocycles. The van der Waals surface area contributed by atoms with Gasteiger partial charge in [-0.25, -0.2) is 13.4 Å². The topological polar surface area (TPSA) is 201 Å². The molecule has 4 rings (SSSR count). The Hall–Kier alpha value is -4.63. The highest BCUT2D eigenvalue weighted by Crippen LogP contribution is 2.37. The summed E-state index contributed by atoms with van der Waals surface area (Å²) in [5.74, 6) is -0.290. The molecule has 3 heterocycles. The third kappa shape index (κ3) is 6.10. The molecule has 4 N–H and O–H groups in total. The predicted octanol–water partition coefficient (Wildman–Crippen LogP) is 4.03. The molecule has 1 amide bonds. The third-order valence-electron chi connectivity index (χ3n) is 5.14. The maximum atomic E-state index is 12.9. The van der Waals surface area contributed by atoms with Crippen molar-refractivity contribution in [3.05, 3.63) is 71.1 Å². The molecule has 196 valence electrons. The summed E-state index contributed by atoms with van der Waals surface area (Å²) < 4.78 is 32.9. The first-order valence-corrected chi connectivity index (χ1v) is 13.6. The summed E-state index contributed by atoms with van der Waals surface area (Å²) in [4.78, 5) is 17.0. The van der Waals surface area contributed by atoms with Gasteiger partial charge in [-0.2, -0.15) is 10.5 Å². The van der Waals surface area contributed by atoms with Crippen molar-refractivity contribution in [1.29, 1.82) is 10.5 Å². The van der Waals surface area contributed by atoms with Crippen molar-refractivity contribution in [2.45, 2.75) is 22.1 Å². The number of furan rings is 1. The molecular weight excluding hydrogens is 564 g/mol. The zero-order chi connectivity index (χ0) is 28.2. The van der Waals surface area contributed by atoms with Crippen LogP contribution >= 0.6 is 23.4 Å². The molecule has 4 aromatic rings. The number of nitrogens with two attached hydrogens (primary N) is 1. The van der Waals surface area contributed by atoms with Gasteiger partial charge in [0, 0.05) is 5.69 Å². The Labute approximate surface area is 231 Å². The first kappa shape index (κ1) is 27.4. The molecule has 1 atom stereocenters. The molecule has 0 saturated carbocycles. The number of nitrogens with one attached hydrogen (secondary N) is 2. The summed E-state index contributed by atoms with van der Waals surface area (Å²) in [6.45, 7) is 1.60. The van der Waals surface area contributed by atoms with Gasteiger partial charge in [0.2, 0.25) is 5.91 Å². The van der Waals surface area contributed by atoms with E-state index in [1.165, 1.54) is 42.7 Å². The van der Waals surface area contributed by atoms with Crippen LogP contribution in [0.15, 0.2) is 69.1 Å². The number of halogens is 1. The Morgan fingerprint density at radius 2 is 1.82 bits per heavy atom. The van der Waals surface area contributed by atoms with Gasteiger partial charge in [0.15, 0.2) is 11.0 Å². The van der Waals surface area contributed by atoms with E-state index in [4.69, 9.17) is 21.8 Å². The molecule has 1 aromatic carbocycles. The Kier molecular flexibility index (Phi) is 8.01. The molecule has 0 radical (unpaired) electrons. The van der Waals surface area contributed by atoms with Gasteiger partial charge in [-0.3, -0.25) is 9.52 Å². The number of benzene rings is 1. The van der Waals surface area contributed by atoms with Crippen LogP contribution in [0.25, 0.3) is 11.3 Å². The van der Waals surface area contributed by atoms with Gasteiger partial charge in [0.1, 0.15) is 34.3 Å². The lowest BCUT2D eigenvalue weighted by molar-refractivity contribution is -0.115. The lowest BCUT2D eigenvalue weighted by atomic mass is 10.0. The average Bonchev–Trinajstić information content (AvgIpc) is 3.44. The Bertz CT molecular complexity index is 1710. The number of aromatic nitrogens is 3. The molecule has 12 nitrogen and oxygen atoms in total. The highest BCUT2D eigenvalue weighted by atomic mass is 35.5. The van der Waals surface area contributed by atoms with Crippen LogP contribution < -0.4 is 15.8 Å². The van der Waals surface area contributed by atoms with Crippen molar-refractivity contribution >= 4 is 56.6 Å². The molecule has 3 aromatic heterocycles. The number of thioether (sulfide) groups is 1. The second-order valence-electron chi connectivity index (χ2n) is 7.75. The minimum Gasteiger partial charge on any atom is -0.464 e. The van der Waals surface area contributed by atoms with E-state index in [0.29, 0.717) is 5.69 Å². The average molecular weight is 581 g/mol. The van der Waals surface area contributed by atoms with Crippen molar-refractivity contribution in [2.24, 2.45) is 0 Å². The van der Waals surface area contributed by atoms with Crippen LogP contribution in [-0.4, -0.2) is 34.8 Å². The zero-order valence-electron chi connectivity index (χ0n) is 19.9. The van der Waals surface area contributed by atoms with E-state index in [9.17, 15) is 23.7 Å². The molecule has 0 aliphatic rings. The third-order valence-corrected chi connectivity index (χ3v) is 7.80.